The van der Waals surface area contributed by atoms with Gasteiger partial charge in [-0.1, -0.05) is 59.6 Å². The van der Waals surface area contributed by atoms with Crippen LogP contribution in [-0.2, 0) is 21.4 Å². The van der Waals surface area contributed by atoms with E-state index in [0.717, 1.165) is 34.6 Å². The lowest BCUT2D eigenvalue weighted by Crippen LogP contribution is -2.50. The van der Waals surface area contributed by atoms with Gasteiger partial charge in [0, 0.05) is 15.7 Å². The zero-order valence-electron chi connectivity index (χ0n) is 21.3. The molecule has 39 heavy (non-hydrogen) atoms. The number of carbonyl (C=O) groups is 2. The van der Waals surface area contributed by atoms with Crippen molar-refractivity contribution in [3.05, 3.63) is 99.5 Å². The van der Waals surface area contributed by atoms with Crippen molar-refractivity contribution in [1.82, 2.24) is 9.91 Å². The summed E-state index contributed by atoms with van der Waals surface area (Å²) in [6, 6.07) is 21.6. The van der Waals surface area contributed by atoms with Crippen LogP contribution >= 0.6 is 23.2 Å². The third kappa shape index (κ3) is 5.35. The maximum absolute atomic E-state index is 13.4. The molecule has 10 heteroatoms. The molecule has 3 aromatic carbocycles. The molecule has 1 aliphatic heterocycles. The number of urea groups is 1. The van der Waals surface area contributed by atoms with Gasteiger partial charge in [-0.05, 0) is 72.9 Å². The quantitative estimate of drug-likeness (QED) is 0.228. The van der Waals surface area contributed by atoms with Crippen LogP contribution in [0.3, 0.4) is 0 Å². The van der Waals surface area contributed by atoms with Crippen molar-refractivity contribution >= 4 is 52.6 Å². The lowest BCUT2D eigenvalue weighted by atomic mass is 9.75. The van der Waals surface area contributed by atoms with Crippen LogP contribution < -0.4 is 5.32 Å². The minimum atomic E-state index is -0.661. The van der Waals surface area contributed by atoms with Gasteiger partial charge in [0.05, 0.1) is 24.3 Å². The molecular weight excluding hydrogens is 537 g/mol. The van der Waals surface area contributed by atoms with E-state index in [9.17, 15) is 9.59 Å². The summed E-state index contributed by atoms with van der Waals surface area (Å²) in [5.41, 5.74) is 4.04. The highest BCUT2D eigenvalue weighted by atomic mass is 35.5. The van der Waals surface area contributed by atoms with E-state index in [1.165, 1.54) is 10.6 Å². The highest BCUT2D eigenvalue weighted by Gasteiger charge is 2.50. The molecular formula is C29H27Cl2N5O3. The summed E-state index contributed by atoms with van der Waals surface area (Å²) in [7, 11) is 0. The maximum Gasteiger partial charge on any atom is 0.329 e. The molecule has 8 nitrogen and oxygen atoms in total. The number of nitrogens with one attached hydrogen (secondary N) is 2. The number of aryl methyl sites for hydroxylation is 1. The molecule has 2 amide bonds. The van der Waals surface area contributed by atoms with Gasteiger partial charge in [0.25, 0.3) is 0 Å². The van der Waals surface area contributed by atoms with Crippen molar-refractivity contribution in [1.29, 1.82) is 5.41 Å². The van der Waals surface area contributed by atoms with E-state index in [0.29, 0.717) is 22.3 Å². The van der Waals surface area contributed by atoms with Crippen molar-refractivity contribution in [3.8, 4) is 0 Å². The van der Waals surface area contributed by atoms with E-state index in [-0.39, 0.29) is 12.6 Å². The second kappa shape index (κ2) is 11.1. The number of hydrogen-bond acceptors (Lipinski definition) is 5. The Bertz CT molecular complexity index is 1440. The number of rotatable bonds is 5. The standard InChI is InChI=1S/C29H27Cl2N5O3/c1-2-39-25(37)17-35(28(38)33-23-13-11-22(31)12-14-23)27(32)36-18-29(16-15-19-5-3-4-6-24(19)29)26(34-36)20-7-9-21(30)10-8-20/h3-14,32H,2,15-18H2,1H3,(H,33,38)/t29-/m0/s1. The molecule has 200 valence electrons. The van der Waals surface area contributed by atoms with Crippen LogP contribution in [0, 0.1) is 5.41 Å². The molecule has 0 unspecified atom stereocenters. The molecule has 0 saturated carbocycles. The topological polar surface area (TPSA) is 98.1 Å². The first-order valence-corrected chi connectivity index (χ1v) is 13.4. The highest BCUT2D eigenvalue weighted by molar-refractivity contribution is 6.31. The van der Waals surface area contributed by atoms with Crippen molar-refractivity contribution < 1.29 is 14.3 Å². The predicted octanol–water partition coefficient (Wildman–Crippen LogP) is 5.93. The summed E-state index contributed by atoms with van der Waals surface area (Å²) in [6.07, 6.45) is 1.67. The average molecular weight is 564 g/mol. The number of fused-ring (bicyclic) bond motifs is 2. The number of ether oxygens (including phenoxy) is 1. The Balaban J connectivity index is 1.50. The third-order valence-electron chi connectivity index (χ3n) is 7.00. The molecule has 0 radical (unpaired) electrons. The van der Waals surface area contributed by atoms with E-state index >= 15 is 0 Å². The minimum absolute atomic E-state index is 0.154. The fourth-order valence-electron chi connectivity index (χ4n) is 5.19. The number of amides is 2. The molecule has 2 aliphatic rings. The lowest BCUT2D eigenvalue weighted by molar-refractivity contribution is -0.143. The summed E-state index contributed by atoms with van der Waals surface area (Å²) in [6.45, 7) is 1.74. The molecule has 1 aliphatic carbocycles. The summed E-state index contributed by atoms with van der Waals surface area (Å²) < 4.78 is 5.10. The fourth-order valence-corrected chi connectivity index (χ4v) is 5.44. The Kier molecular flexibility index (Phi) is 7.59. The summed E-state index contributed by atoms with van der Waals surface area (Å²) in [5.74, 6) is -0.863. The Labute approximate surface area is 236 Å². The Morgan fingerprint density at radius 2 is 1.72 bits per heavy atom. The van der Waals surface area contributed by atoms with Crippen LogP contribution in [0.5, 0.6) is 0 Å². The average Bonchev–Trinajstić information content (AvgIpc) is 3.51. The van der Waals surface area contributed by atoms with Crippen LogP contribution in [-0.4, -0.2) is 53.3 Å². The van der Waals surface area contributed by atoms with Crippen molar-refractivity contribution in [2.24, 2.45) is 5.10 Å². The fraction of sp³-hybridized carbons (Fsp3) is 0.241. The highest BCUT2D eigenvalue weighted by Crippen LogP contribution is 2.45. The zero-order valence-corrected chi connectivity index (χ0v) is 22.8. The van der Waals surface area contributed by atoms with E-state index in [2.05, 4.69) is 17.4 Å². The number of halogens is 2. The predicted molar refractivity (Wildman–Crippen MR) is 153 cm³/mol. The van der Waals surface area contributed by atoms with Crippen molar-refractivity contribution in [2.45, 2.75) is 25.2 Å². The summed E-state index contributed by atoms with van der Waals surface area (Å²) >= 11 is 12.1. The number of guanidine groups is 1. The smallest absolute Gasteiger partial charge is 0.329 e. The van der Waals surface area contributed by atoms with E-state index in [1.807, 2.05) is 36.4 Å². The monoisotopic (exact) mass is 563 g/mol. The van der Waals surface area contributed by atoms with E-state index in [1.54, 1.807) is 31.2 Å². The number of benzene rings is 3. The number of hydrogen-bond donors (Lipinski definition) is 2. The summed E-state index contributed by atoms with van der Waals surface area (Å²) in [5, 5.41) is 19.3. The van der Waals surface area contributed by atoms with E-state index in [4.69, 9.17) is 38.4 Å². The first-order chi connectivity index (χ1) is 18.8. The molecule has 5 rings (SSSR count). The Hall–Kier alpha value is -3.88. The van der Waals surface area contributed by atoms with Gasteiger partial charge in [-0.15, -0.1) is 0 Å². The minimum Gasteiger partial charge on any atom is -0.465 e. The number of nitrogens with zero attached hydrogens (tertiary/aromatic N) is 3. The number of carbonyl (C=O) groups excluding carboxylic acids is 2. The molecule has 3 aromatic rings. The number of anilines is 1. The molecule has 2 N–H and O–H groups in total. The third-order valence-corrected chi connectivity index (χ3v) is 7.50. The van der Waals surface area contributed by atoms with Gasteiger partial charge in [-0.25, -0.2) is 9.80 Å². The van der Waals surface area contributed by atoms with Gasteiger partial charge < -0.3 is 10.1 Å². The molecule has 1 spiro atoms. The second-order valence-corrected chi connectivity index (χ2v) is 10.3. The molecule has 0 fully saturated rings. The Morgan fingerprint density at radius 3 is 2.41 bits per heavy atom. The molecule has 1 atom stereocenters. The normalized spacial score (nSPS) is 17.5. The van der Waals surface area contributed by atoms with Gasteiger partial charge in [0.1, 0.15) is 6.54 Å². The largest absolute Gasteiger partial charge is 0.465 e. The maximum atomic E-state index is 13.4. The molecule has 0 aromatic heterocycles. The van der Waals surface area contributed by atoms with Gasteiger partial charge >= 0.3 is 12.0 Å². The van der Waals surface area contributed by atoms with Crippen LogP contribution in [0.4, 0.5) is 10.5 Å². The van der Waals surface area contributed by atoms with Gasteiger partial charge in [0.2, 0.25) is 5.96 Å². The van der Waals surface area contributed by atoms with Crippen LogP contribution in [0.2, 0.25) is 10.0 Å². The van der Waals surface area contributed by atoms with E-state index < -0.39 is 24.0 Å². The Morgan fingerprint density at radius 1 is 1.05 bits per heavy atom. The van der Waals surface area contributed by atoms with Crippen LogP contribution in [0.25, 0.3) is 0 Å². The molecule has 0 saturated heterocycles. The molecule has 1 heterocycles. The lowest BCUT2D eigenvalue weighted by Gasteiger charge is -2.30. The SMILES string of the molecule is CCOC(=O)CN(C(=N)N1C[C@]2(CCc3ccccc32)C(c2ccc(Cl)cc2)=N1)C(=O)Nc1ccc(Cl)cc1. The first-order valence-electron chi connectivity index (χ1n) is 12.6. The van der Waals surface area contributed by atoms with Crippen LogP contribution in [0.1, 0.15) is 30.0 Å². The number of esters is 1. The van der Waals surface area contributed by atoms with Gasteiger partial charge in [-0.3, -0.25) is 15.1 Å². The van der Waals surface area contributed by atoms with Crippen molar-refractivity contribution in [2.75, 3.05) is 25.0 Å². The zero-order chi connectivity index (χ0) is 27.6. The number of hydrazone groups is 1. The second-order valence-electron chi connectivity index (χ2n) is 9.40. The summed E-state index contributed by atoms with van der Waals surface area (Å²) in [4.78, 5) is 26.9. The van der Waals surface area contributed by atoms with Crippen molar-refractivity contribution in [3.63, 3.8) is 0 Å². The van der Waals surface area contributed by atoms with Crippen LogP contribution in [0.15, 0.2) is 77.9 Å². The molecule has 0 bridgehead atoms. The first kappa shape index (κ1) is 26.7. The van der Waals surface area contributed by atoms with Gasteiger partial charge in [0.15, 0.2) is 0 Å². The van der Waals surface area contributed by atoms with Gasteiger partial charge in [-0.2, -0.15) is 5.10 Å².